The number of nitrogens with zero attached hydrogens (tertiary/aromatic N) is 4. The first-order valence-electron chi connectivity index (χ1n) is 8.26. The third-order valence-corrected chi connectivity index (χ3v) is 4.30. The molecule has 0 saturated heterocycles. The van der Waals surface area contributed by atoms with Gasteiger partial charge in [0.2, 0.25) is 5.91 Å². The first-order chi connectivity index (χ1) is 12.6. The monoisotopic (exact) mass is 347 g/mol. The summed E-state index contributed by atoms with van der Waals surface area (Å²) in [5.41, 5.74) is 3.83. The van der Waals surface area contributed by atoms with Crippen LogP contribution in [0.2, 0.25) is 0 Å². The van der Waals surface area contributed by atoms with Gasteiger partial charge in [-0.25, -0.2) is 4.68 Å². The lowest BCUT2D eigenvalue weighted by molar-refractivity contribution is -0.114. The average molecular weight is 347 g/mol. The van der Waals surface area contributed by atoms with Crippen LogP contribution in [0.15, 0.2) is 54.7 Å². The molecule has 7 nitrogen and oxygen atoms in total. The van der Waals surface area contributed by atoms with E-state index < -0.39 is 0 Å². The molecule has 4 rings (SSSR count). The lowest BCUT2D eigenvalue weighted by atomic mass is 10.1. The number of carbonyl (C=O) groups excluding carboxylic acids is 2. The van der Waals surface area contributed by atoms with E-state index in [1.165, 1.54) is 6.92 Å². The molecule has 2 aromatic carbocycles. The number of benzene rings is 2. The molecule has 3 aromatic rings. The summed E-state index contributed by atoms with van der Waals surface area (Å²) in [5.74, 6) is -0.316. The van der Waals surface area contributed by atoms with E-state index in [4.69, 9.17) is 0 Å². The third-order valence-electron chi connectivity index (χ3n) is 4.30. The standard InChI is InChI=1S/C19H17N5O2/c1-13(25)21-16-7-4-6-14(9-16)19(26)23-12-17-10-20-22-24(17)11-15-5-2-3-8-18(15)23/h2-10H,11-12H2,1H3,(H,21,25). The Morgan fingerprint density at radius 3 is 2.77 bits per heavy atom. The number of anilines is 2. The second kappa shape index (κ2) is 6.44. The number of para-hydroxylation sites is 1. The maximum Gasteiger partial charge on any atom is 0.258 e. The summed E-state index contributed by atoms with van der Waals surface area (Å²) in [4.78, 5) is 26.3. The highest BCUT2D eigenvalue weighted by Crippen LogP contribution is 2.28. The number of aromatic nitrogens is 3. The van der Waals surface area contributed by atoms with Crippen LogP contribution in [0.5, 0.6) is 0 Å². The summed E-state index contributed by atoms with van der Waals surface area (Å²) in [5, 5.41) is 10.8. The van der Waals surface area contributed by atoms with Crippen LogP contribution in [0.4, 0.5) is 11.4 Å². The molecule has 1 aromatic heterocycles. The van der Waals surface area contributed by atoms with E-state index in [1.807, 2.05) is 24.3 Å². The predicted molar refractivity (Wildman–Crippen MR) is 96.8 cm³/mol. The van der Waals surface area contributed by atoms with Gasteiger partial charge in [0.05, 0.1) is 25.0 Å². The highest BCUT2D eigenvalue weighted by Gasteiger charge is 2.25. The molecular weight excluding hydrogens is 330 g/mol. The molecule has 0 radical (unpaired) electrons. The number of rotatable bonds is 2. The molecule has 2 amide bonds. The smallest absolute Gasteiger partial charge is 0.258 e. The van der Waals surface area contributed by atoms with Gasteiger partial charge in [-0.15, -0.1) is 5.10 Å². The molecule has 0 bridgehead atoms. The minimum atomic E-state index is -0.176. The van der Waals surface area contributed by atoms with Crippen LogP contribution in [-0.2, 0) is 17.9 Å². The first-order valence-corrected chi connectivity index (χ1v) is 8.26. The van der Waals surface area contributed by atoms with Crippen LogP contribution in [0.3, 0.4) is 0 Å². The van der Waals surface area contributed by atoms with E-state index in [0.717, 1.165) is 16.9 Å². The molecule has 2 heterocycles. The van der Waals surface area contributed by atoms with Gasteiger partial charge < -0.3 is 10.2 Å². The molecule has 1 aliphatic rings. The molecule has 7 heteroatoms. The van der Waals surface area contributed by atoms with Crippen molar-refractivity contribution >= 4 is 23.2 Å². The Kier molecular flexibility index (Phi) is 3.96. The summed E-state index contributed by atoms with van der Waals surface area (Å²) < 4.78 is 1.81. The quantitative estimate of drug-likeness (QED) is 0.772. The Labute approximate surface area is 150 Å². The molecule has 0 fully saturated rings. The minimum absolute atomic E-state index is 0.140. The fourth-order valence-electron chi connectivity index (χ4n) is 3.12. The van der Waals surface area contributed by atoms with E-state index in [2.05, 4.69) is 15.6 Å². The number of carbonyl (C=O) groups is 2. The first kappa shape index (κ1) is 16.0. The van der Waals surface area contributed by atoms with E-state index in [-0.39, 0.29) is 11.8 Å². The van der Waals surface area contributed by atoms with Crippen LogP contribution >= 0.6 is 0 Å². The second-order valence-corrected chi connectivity index (χ2v) is 6.16. The van der Waals surface area contributed by atoms with Crippen molar-refractivity contribution in [1.82, 2.24) is 15.0 Å². The summed E-state index contributed by atoms with van der Waals surface area (Å²) in [6, 6.07) is 14.7. The van der Waals surface area contributed by atoms with E-state index in [0.29, 0.717) is 24.3 Å². The van der Waals surface area contributed by atoms with Crippen LogP contribution in [0.1, 0.15) is 28.5 Å². The van der Waals surface area contributed by atoms with Gasteiger partial charge in [0.25, 0.3) is 5.91 Å². The lowest BCUT2D eigenvalue weighted by Crippen LogP contribution is -2.30. The zero-order valence-electron chi connectivity index (χ0n) is 14.2. The number of hydrogen-bond acceptors (Lipinski definition) is 4. The minimum Gasteiger partial charge on any atom is -0.326 e. The topological polar surface area (TPSA) is 80.1 Å². The van der Waals surface area contributed by atoms with Crippen molar-refractivity contribution in [3.8, 4) is 0 Å². The lowest BCUT2D eigenvalue weighted by Gasteiger charge is -2.22. The van der Waals surface area contributed by atoms with Gasteiger partial charge >= 0.3 is 0 Å². The van der Waals surface area contributed by atoms with Crippen LogP contribution in [0.25, 0.3) is 0 Å². The summed E-state index contributed by atoms with van der Waals surface area (Å²) in [6.45, 7) is 2.39. The van der Waals surface area contributed by atoms with E-state index >= 15 is 0 Å². The van der Waals surface area contributed by atoms with E-state index in [1.54, 1.807) is 40.0 Å². The van der Waals surface area contributed by atoms with Gasteiger partial charge in [-0.05, 0) is 29.8 Å². The molecule has 0 aliphatic carbocycles. The maximum absolute atomic E-state index is 13.2. The maximum atomic E-state index is 13.2. The molecule has 0 atom stereocenters. The van der Waals surface area contributed by atoms with Crippen molar-refractivity contribution in [3.63, 3.8) is 0 Å². The van der Waals surface area contributed by atoms with Crippen molar-refractivity contribution in [2.75, 3.05) is 10.2 Å². The Morgan fingerprint density at radius 2 is 1.92 bits per heavy atom. The van der Waals surface area contributed by atoms with E-state index in [9.17, 15) is 9.59 Å². The number of fused-ring (bicyclic) bond motifs is 2. The summed E-state index contributed by atoms with van der Waals surface area (Å²) in [7, 11) is 0. The summed E-state index contributed by atoms with van der Waals surface area (Å²) in [6.07, 6.45) is 1.68. The molecular formula is C19H17N5O2. The van der Waals surface area contributed by atoms with Gasteiger partial charge in [-0.2, -0.15) is 0 Å². The molecule has 0 spiro atoms. The van der Waals surface area contributed by atoms with Crippen LogP contribution in [0, 0.1) is 0 Å². The largest absolute Gasteiger partial charge is 0.326 e. The fraction of sp³-hybridized carbons (Fsp3) is 0.158. The van der Waals surface area contributed by atoms with Gasteiger partial charge in [-0.1, -0.05) is 29.5 Å². The van der Waals surface area contributed by atoms with Crippen molar-refractivity contribution in [3.05, 3.63) is 71.5 Å². The van der Waals surface area contributed by atoms with Crippen molar-refractivity contribution in [1.29, 1.82) is 0 Å². The molecule has 0 saturated carbocycles. The number of amides is 2. The van der Waals surface area contributed by atoms with Crippen molar-refractivity contribution in [2.45, 2.75) is 20.0 Å². The average Bonchev–Trinajstić information content (AvgIpc) is 3.00. The third kappa shape index (κ3) is 2.95. The Bertz CT molecular complexity index is 995. The zero-order valence-corrected chi connectivity index (χ0v) is 14.2. The number of nitrogens with one attached hydrogen (secondary N) is 1. The molecule has 0 unspecified atom stereocenters. The van der Waals surface area contributed by atoms with Crippen molar-refractivity contribution < 1.29 is 9.59 Å². The van der Waals surface area contributed by atoms with Gasteiger partial charge in [0.1, 0.15) is 0 Å². The molecule has 1 N–H and O–H groups in total. The second-order valence-electron chi connectivity index (χ2n) is 6.16. The van der Waals surface area contributed by atoms with Crippen LogP contribution < -0.4 is 10.2 Å². The van der Waals surface area contributed by atoms with Gasteiger partial charge in [0.15, 0.2) is 0 Å². The summed E-state index contributed by atoms with van der Waals surface area (Å²) >= 11 is 0. The van der Waals surface area contributed by atoms with Crippen LogP contribution in [-0.4, -0.2) is 26.8 Å². The molecule has 1 aliphatic heterocycles. The Morgan fingerprint density at radius 1 is 1.08 bits per heavy atom. The number of hydrogen-bond donors (Lipinski definition) is 1. The Hall–Kier alpha value is -3.48. The van der Waals surface area contributed by atoms with Gasteiger partial charge in [0, 0.05) is 23.9 Å². The zero-order chi connectivity index (χ0) is 18.1. The highest BCUT2D eigenvalue weighted by atomic mass is 16.2. The van der Waals surface area contributed by atoms with Crippen molar-refractivity contribution in [2.24, 2.45) is 0 Å². The highest BCUT2D eigenvalue weighted by molar-refractivity contribution is 6.07. The Balaban J connectivity index is 1.74. The molecule has 26 heavy (non-hydrogen) atoms. The fourth-order valence-corrected chi connectivity index (χ4v) is 3.12. The molecule has 130 valence electrons. The predicted octanol–water partition coefficient (Wildman–Crippen LogP) is 2.45. The van der Waals surface area contributed by atoms with Gasteiger partial charge in [-0.3, -0.25) is 9.59 Å². The normalized spacial score (nSPS) is 12.7. The SMILES string of the molecule is CC(=O)Nc1cccc(C(=O)N2Cc3cnnn3Cc3ccccc32)c1.